The van der Waals surface area contributed by atoms with Crippen LogP contribution in [0.5, 0.6) is 5.75 Å². The van der Waals surface area contributed by atoms with Gasteiger partial charge in [0.1, 0.15) is 17.4 Å². The molecule has 1 aliphatic rings. The van der Waals surface area contributed by atoms with Crippen molar-refractivity contribution >= 4 is 5.91 Å². The van der Waals surface area contributed by atoms with E-state index in [2.05, 4.69) is 4.90 Å². The molecule has 1 aliphatic heterocycles. The standard InChI is InChI=1S/C24H22F2N2O2/c25-19-9-5-17(6-10-19)23(18-7-11-20(26)12-8-18)27-13-15-28(16-14-27)24(30)21-3-1-2-4-22(21)29/h1-12,23,29H,13-16H2. The van der Waals surface area contributed by atoms with E-state index >= 15 is 0 Å². The number of amides is 1. The maximum absolute atomic E-state index is 13.5. The molecule has 3 aromatic rings. The van der Waals surface area contributed by atoms with Crippen molar-refractivity contribution in [3.05, 3.63) is 101 Å². The van der Waals surface area contributed by atoms with Crippen LogP contribution < -0.4 is 0 Å². The smallest absolute Gasteiger partial charge is 0.257 e. The topological polar surface area (TPSA) is 43.8 Å². The quantitative estimate of drug-likeness (QED) is 0.703. The third-order valence-corrected chi connectivity index (χ3v) is 5.47. The van der Waals surface area contributed by atoms with E-state index in [0.29, 0.717) is 31.7 Å². The van der Waals surface area contributed by atoms with Gasteiger partial charge in [0.05, 0.1) is 11.6 Å². The first-order valence-electron chi connectivity index (χ1n) is 9.85. The Labute approximate surface area is 174 Å². The molecule has 0 aliphatic carbocycles. The van der Waals surface area contributed by atoms with E-state index in [1.165, 1.54) is 30.3 Å². The molecule has 3 aromatic carbocycles. The summed E-state index contributed by atoms with van der Waals surface area (Å²) in [4.78, 5) is 16.7. The van der Waals surface area contributed by atoms with Crippen molar-refractivity contribution in [2.45, 2.75) is 6.04 Å². The van der Waals surface area contributed by atoms with Gasteiger partial charge in [-0.05, 0) is 47.5 Å². The summed E-state index contributed by atoms with van der Waals surface area (Å²) in [5.41, 5.74) is 2.10. The average molecular weight is 408 g/mol. The van der Waals surface area contributed by atoms with Crippen molar-refractivity contribution in [3.8, 4) is 5.75 Å². The number of hydrogen-bond acceptors (Lipinski definition) is 3. The van der Waals surface area contributed by atoms with Crippen molar-refractivity contribution < 1.29 is 18.7 Å². The third kappa shape index (κ3) is 4.19. The van der Waals surface area contributed by atoms with Crippen LogP contribution in [-0.4, -0.2) is 47.0 Å². The number of rotatable bonds is 4. The highest BCUT2D eigenvalue weighted by Gasteiger charge is 2.29. The molecule has 30 heavy (non-hydrogen) atoms. The summed E-state index contributed by atoms with van der Waals surface area (Å²) in [6.07, 6.45) is 0. The zero-order valence-electron chi connectivity index (χ0n) is 16.3. The monoisotopic (exact) mass is 408 g/mol. The van der Waals surface area contributed by atoms with Gasteiger partial charge in [-0.1, -0.05) is 36.4 Å². The Bertz CT molecular complexity index is 969. The largest absolute Gasteiger partial charge is 0.507 e. The lowest BCUT2D eigenvalue weighted by molar-refractivity contribution is 0.0594. The summed E-state index contributed by atoms with van der Waals surface area (Å²) in [5.74, 6) is -0.849. The van der Waals surface area contributed by atoms with E-state index in [9.17, 15) is 18.7 Å². The molecule has 0 radical (unpaired) electrons. The lowest BCUT2D eigenvalue weighted by Gasteiger charge is -2.39. The highest BCUT2D eigenvalue weighted by Crippen LogP contribution is 2.30. The number of halogens is 2. The summed E-state index contributed by atoms with van der Waals surface area (Å²) in [5, 5.41) is 9.97. The van der Waals surface area contributed by atoms with Crippen LogP contribution in [0.3, 0.4) is 0 Å². The average Bonchev–Trinajstić information content (AvgIpc) is 2.77. The van der Waals surface area contributed by atoms with Gasteiger partial charge in [-0.25, -0.2) is 8.78 Å². The summed E-state index contributed by atoms with van der Waals surface area (Å²) < 4.78 is 26.9. The molecule has 1 heterocycles. The molecule has 0 atom stereocenters. The second-order valence-corrected chi connectivity index (χ2v) is 7.35. The van der Waals surface area contributed by atoms with Gasteiger partial charge in [0.15, 0.2) is 0 Å². The van der Waals surface area contributed by atoms with Crippen LogP contribution in [0.1, 0.15) is 27.5 Å². The highest BCUT2D eigenvalue weighted by atomic mass is 19.1. The Morgan fingerprint density at radius 2 is 1.27 bits per heavy atom. The summed E-state index contributed by atoms with van der Waals surface area (Å²) >= 11 is 0. The van der Waals surface area contributed by atoms with Gasteiger partial charge in [0.25, 0.3) is 5.91 Å². The lowest BCUT2D eigenvalue weighted by atomic mass is 9.96. The Hall–Kier alpha value is -3.25. The molecule has 4 nitrogen and oxygen atoms in total. The number of aromatic hydroxyl groups is 1. The Morgan fingerprint density at radius 1 is 0.767 bits per heavy atom. The number of carbonyl (C=O) groups excluding carboxylic acids is 1. The number of nitrogens with zero attached hydrogens (tertiary/aromatic N) is 2. The molecule has 1 saturated heterocycles. The van der Waals surface area contributed by atoms with Crippen LogP contribution in [0.15, 0.2) is 72.8 Å². The summed E-state index contributed by atoms with van der Waals surface area (Å²) in [7, 11) is 0. The molecule has 1 fully saturated rings. The third-order valence-electron chi connectivity index (χ3n) is 5.47. The maximum Gasteiger partial charge on any atom is 0.257 e. The minimum atomic E-state index is -0.310. The van der Waals surface area contributed by atoms with Crippen LogP contribution in [-0.2, 0) is 0 Å². The molecule has 6 heteroatoms. The molecule has 0 spiro atoms. The van der Waals surface area contributed by atoms with Crippen molar-refractivity contribution in [2.24, 2.45) is 0 Å². The molecular formula is C24H22F2N2O2. The molecule has 0 aromatic heterocycles. The zero-order chi connectivity index (χ0) is 21.1. The summed E-state index contributed by atoms with van der Waals surface area (Å²) in [6.45, 7) is 2.18. The Kier molecular flexibility index (Phi) is 5.77. The molecule has 0 unspecified atom stereocenters. The van der Waals surface area contributed by atoms with Gasteiger partial charge in [0, 0.05) is 26.2 Å². The fraction of sp³-hybridized carbons (Fsp3) is 0.208. The van der Waals surface area contributed by atoms with Crippen LogP contribution in [0, 0.1) is 11.6 Å². The number of phenols is 1. The van der Waals surface area contributed by atoms with Gasteiger partial charge in [-0.3, -0.25) is 9.69 Å². The fourth-order valence-corrected chi connectivity index (χ4v) is 3.91. The number of phenolic OH excluding ortho intramolecular Hbond substituents is 1. The van der Waals surface area contributed by atoms with Crippen LogP contribution in [0.2, 0.25) is 0 Å². The molecule has 154 valence electrons. The molecule has 0 bridgehead atoms. The van der Waals surface area contributed by atoms with E-state index in [-0.39, 0.29) is 29.3 Å². The molecule has 4 rings (SSSR count). The first kappa shape index (κ1) is 20.0. The normalized spacial score (nSPS) is 14.8. The second-order valence-electron chi connectivity index (χ2n) is 7.35. The van der Waals surface area contributed by atoms with Crippen molar-refractivity contribution in [2.75, 3.05) is 26.2 Å². The SMILES string of the molecule is O=C(c1ccccc1O)N1CCN(C(c2ccc(F)cc2)c2ccc(F)cc2)CC1. The van der Waals surface area contributed by atoms with Gasteiger partial charge < -0.3 is 10.0 Å². The first-order valence-corrected chi connectivity index (χ1v) is 9.85. The number of para-hydroxylation sites is 1. The van der Waals surface area contributed by atoms with Gasteiger partial charge in [0.2, 0.25) is 0 Å². The Balaban J connectivity index is 1.55. The second kappa shape index (κ2) is 8.63. The zero-order valence-corrected chi connectivity index (χ0v) is 16.3. The fourth-order valence-electron chi connectivity index (χ4n) is 3.91. The number of benzene rings is 3. The lowest BCUT2D eigenvalue weighted by Crippen LogP contribution is -2.49. The predicted molar refractivity (Wildman–Crippen MR) is 110 cm³/mol. The van der Waals surface area contributed by atoms with Crippen molar-refractivity contribution in [1.82, 2.24) is 9.80 Å². The van der Waals surface area contributed by atoms with E-state index in [1.807, 2.05) is 0 Å². The highest BCUT2D eigenvalue weighted by molar-refractivity contribution is 5.96. The van der Waals surface area contributed by atoms with Crippen LogP contribution in [0.4, 0.5) is 8.78 Å². The maximum atomic E-state index is 13.5. The van der Waals surface area contributed by atoms with Gasteiger partial charge in [-0.15, -0.1) is 0 Å². The van der Waals surface area contributed by atoms with E-state index in [0.717, 1.165) is 11.1 Å². The van der Waals surface area contributed by atoms with Crippen LogP contribution in [0.25, 0.3) is 0 Å². The van der Waals surface area contributed by atoms with Crippen LogP contribution >= 0.6 is 0 Å². The predicted octanol–water partition coefficient (Wildman–Crippen LogP) is 4.22. The minimum absolute atomic E-state index is 0.0274. The molecule has 1 N–H and O–H groups in total. The molecule has 0 saturated carbocycles. The van der Waals surface area contributed by atoms with Gasteiger partial charge >= 0.3 is 0 Å². The van der Waals surface area contributed by atoms with E-state index < -0.39 is 0 Å². The summed E-state index contributed by atoms with van der Waals surface area (Å²) in [6, 6.07) is 19.0. The van der Waals surface area contributed by atoms with Crippen molar-refractivity contribution in [1.29, 1.82) is 0 Å². The molecular weight excluding hydrogens is 386 g/mol. The number of hydrogen-bond donors (Lipinski definition) is 1. The van der Waals surface area contributed by atoms with E-state index in [4.69, 9.17) is 0 Å². The number of piperazine rings is 1. The van der Waals surface area contributed by atoms with Gasteiger partial charge in [-0.2, -0.15) is 0 Å². The number of carbonyl (C=O) groups is 1. The molecule has 1 amide bonds. The Morgan fingerprint density at radius 3 is 1.77 bits per heavy atom. The van der Waals surface area contributed by atoms with Crippen molar-refractivity contribution in [3.63, 3.8) is 0 Å². The minimum Gasteiger partial charge on any atom is -0.507 e. The first-order chi connectivity index (χ1) is 14.5. The van der Waals surface area contributed by atoms with E-state index in [1.54, 1.807) is 47.4 Å².